The Hall–Kier alpha value is -1.84. The van der Waals surface area contributed by atoms with Crippen LogP contribution in [0.2, 0.25) is 0 Å². The van der Waals surface area contributed by atoms with Crippen molar-refractivity contribution in [3.05, 3.63) is 30.6 Å². The lowest BCUT2D eigenvalue weighted by molar-refractivity contribution is -0.129. The zero-order chi connectivity index (χ0) is 16.9. The number of nitrogens with zero attached hydrogens (tertiary/aromatic N) is 1. The summed E-state index contributed by atoms with van der Waals surface area (Å²) in [6.45, 7) is 8.17. The van der Waals surface area contributed by atoms with Crippen molar-refractivity contribution in [2.75, 3.05) is 0 Å². The van der Waals surface area contributed by atoms with Gasteiger partial charge in [0.25, 0.3) is 0 Å². The summed E-state index contributed by atoms with van der Waals surface area (Å²) < 4.78 is 0. The van der Waals surface area contributed by atoms with Crippen LogP contribution in [0.3, 0.4) is 0 Å². The number of hydrogen-bond donors (Lipinski definition) is 2. The minimum atomic E-state index is -0.249. The van der Waals surface area contributed by atoms with E-state index in [2.05, 4.69) is 22.2 Å². The fraction of sp³-hybridized carbons (Fsp3) is 0.579. The van der Waals surface area contributed by atoms with Gasteiger partial charge in [-0.2, -0.15) is 0 Å². The van der Waals surface area contributed by atoms with Crippen molar-refractivity contribution in [2.45, 2.75) is 59.4 Å². The molecule has 0 aliphatic heterocycles. The van der Waals surface area contributed by atoms with Crippen LogP contribution >= 0.6 is 0 Å². The fourth-order valence-electron chi connectivity index (χ4n) is 2.85. The standard InChI is InChI=1S/C12H23NO.C7H6N2/c1-9-6-5-7-10(8-9)13-11(14)12(2,3)4;1-2-4-7-6(3-1)8-5-9-7/h9-10H,5-8H2,1-4H3,(H,13,14);1-5H,(H,8,9). The molecule has 1 fully saturated rings. The molecule has 2 aromatic rings. The number of amides is 1. The predicted octanol–water partition coefficient (Wildman–Crippen LogP) is 4.29. The minimum Gasteiger partial charge on any atom is -0.353 e. The first kappa shape index (κ1) is 17.5. The summed E-state index contributed by atoms with van der Waals surface area (Å²) in [6.07, 6.45) is 6.59. The summed E-state index contributed by atoms with van der Waals surface area (Å²) in [6, 6.07) is 8.36. The van der Waals surface area contributed by atoms with E-state index in [0.29, 0.717) is 6.04 Å². The van der Waals surface area contributed by atoms with E-state index in [1.54, 1.807) is 6.33 Å². The Morgan fingerprint density at radius 1 is 1.26 bits per heavy atom. The molecule has 0 radical (unpaired) electrons. The highest BCUT2D eigenvalue weighted by molar-refractivity contribution is 5.81. The number of hydrogen-bond acceptors (Lipinski definition) is 2. The quantitative estimate of drug-likeness (QED) is 0.824. The van der Waals surface area contributed by atoms with Gasteiger partial charge < -0.3 is 10.3 Å². The minimum absolute atomic E-state index is 0.191. The summed E-state index contributed by atoms with van der Waals surface area (Å²) >= 11 is 0. The Kier molecular flexibility index (Phi) is 5.80. The highest BCUT2D eigenvalue weighted by atomic mass is 16.2. The molecule has 2 atom stereocenters. The molecule has 4 heteroatoms. The lowest BCUT2D eigenvalue weighted by Gasteiger charge is -2.30. The second-order valence-corrected chi connectivity index (χ2v) is 7.61. The van der Waals surface area contributed by atoms with Crippen LogP contribution in [0, 0.1) is 11.3 Å². The SMILES string of the molecule is CC1CCCC(NC(=O)C(C)(C)C)C1.c1ccc2[nH]cnc2c1. The molecule has 0 saturated heterocycles. The first-order chi connectivity index (χ1) is 10.9. The van der Waals surface area contributed by atoms with Crippen molar-refractivity contribution in [3.63, 3.8) is 0 Å². The van der Waals surface area contributed by atoms with Gasteiger partial charge in [-0.3, -0.25) is 4.79 Å². The number of H-pyrrole nitrogens is 1. The number of fused-ring (bicyclic) bond motifs is 1. The number of carbonyl (C=O) groups is 1. The second kappa shape index (κ2) is 7.62. The number of rotatable bonds is 1. The monoisotopic (exact) mass is 315 g/mol. The fourth-order valence-corrected chi connectivity index (χ4v) is 2.85. The predicted molar refractivity (Wildman–Crippen MR) is 95.1 cm³/mol. The summed E-state index contributed by atoms with van der Waals surface area (Å²) in [5, 5.41) is 3.15. The molecule has 1 aliphatic carbocycles. The number of aromatic amines is 1. The molecule has 23 heavy (non-hydrogen) atoms. The van der Waals surface area contributed by atoms with E-state index in [0.717, 1.165) is 29.8 Å². The molecule has 0 bridgehead atoms. The molecule has 1 aromatic carbocycles. The molecule has 1 aromatic heterocycles. The van der Waals surface area contributed by atoms with E-state index in [9.17, 15) is 4.79 Å². The number of imidazole rings is 1. The van der Waals surface area contributed by atoms with Crippen molar-refractivity contribution in [1.82, 2.24) is 15.3 Å². The van der Waals surface area contributed by atoms with Crippen molar-refractivity contribution < 1.29 is 4.79 Å². The smallest absolute Gasteiger partial charge is 0.225 e. The van der Waals surface area contributed by atoms with Crippen LogP contribution in [0.15, 0.2) is 30.6 Å². The Morgan fingerprint density at radius 3 is 2.65 bits per heavy atom. The van der Waals surface area contributed by atoms with Crippen LogP contribution < -0.4 is 5.32 Å². The van der Waals surface area contributed by atoms with Gasteiger partial charge >= 0.3 is 0 Å². The van der Waals surface area contributed by atoms with Gasteiger partial charge in [0.05, 0.1) is 17.4 Å². The Labute approximate surface area is 139 Å². The number of carbonyl (C=O) groups excluding carboxylic acids is 1. The van der Waals surface area contributed by atoms with Crippen LogP contribution in [0.4, 0.5) is 0 Å². The van der Waals surface area contributed by atoms with E-state index >= 15 is 0 Å². The van der Waals surface area contributed by atoms with Crippen LogP contribution in [0.1, 0.15) is 53.4 Å². The molecule has 1 saturated carbocycles. The third-order valence-electron chi connectivity index (χ3n) is 4.28. The van der Waals surface area contributed by atoms with Crippen molar-refractivity contribution >= 4 is 16.9 Å². The van der Waals surface area contributed by atoms with Gasteiger partial charge in [0, 0.05) is 11.5 Å². The van der Waals surface area contributed by atoms with Gasteiger partial charge in [-0.05, 0) is 30.9 Å². The molecule has 2 unspecified atom stereocenters. The first-order valence-electron chi connectivity index (χ1n) is 8.55. The molecular formula is C19H29N3O. The summed E-state index contributed by atoms with van der Waals surface area (Å²) in [5.41, 5.74) is 1.87. The molecule has 1 amide bonds. The zero-order valence-electron chi connectivity index (χ0n) is 14.7. The van der Waals surface area contributed by atoms with Crippen molar-refractivity contribution in [2.24, 2.45) is 11.3 Å². The van der Waals surface area contributed by atoms with Crippen molar-refractivity contribution in [3.8, 4) is 0 Å². The summed E-state index contributed by atoms with van der Waals surface area (Å²) in [4.78, 5) is 18.8. The molecule has 1 heterocycles. The van der Waals surface area contributed by atoms with E-state index < -0.39 is 0 Å². The summed E-state index contributed by atoms with van der Waals surface area (Å²) in [7, 11) is 0. The number of nitrogens with one attached hydrogen (secondary N) is 2. The third-order valence-corrected chi connectivity index (χ3v) is 4.28. The molecular weight excluding hydrogens is 286 g/mol. The second-order valence-electron chi connectivity index (χ2n) is 7.61. The van der Waals surface area contributed by atoms with Gasteiger partial charge in [0.2, 0.25) is 5.91 Å². The molecule has 3 rings (SSSR count). The molecule has 4 nitrogen and oxygen atoms in total. The molecule has 2 N–H and O–H groups in total. The average Bonchev–Trinajstić information content (AvgIpc) is 2.95. The average molecular weight is 315 g/mol. The van der Waals surface area contributed by atoms with E-state index in [1.807, 2.05) is 45.0 Å². The van der Waals surface area contributed by atoms with Crippen LogP contribution in [-0.4, -0.2) is 21.9 Å². The maximum atomic E-state index is 11.7. The van der Waals surface area contributed by atoms with E-state index in [1.165, 1.54) is 12.8 Å². The number of para-hydroxylation sites is 2. The van der Waals surface area contributed by atoms with Gasteiger partial charge in [-0.15, -0.1) is 0 Å². The van der Waals surface area contributed by atoms with Crippen LogP contribution in [-0.2, 0) is 4.79 Å². The maximum Gasteiger partial charge on any atom is 0.225 e. The highest BCUT2D eigenvalue weighted by Gasteiger charge is 2.26. The number of aromatic nitrogens is 2. The van der Waals surface area contributed by atoms with Gasteiger partial charge in [-0.25, -0.2) is 4.98 Å². The van der Waals surface area contributed by atoms with Gasteiger partial charge in [0.1, 0.15) is 0 Å². The maximum absolute atomic E-state index is 11.7. The lowest BCUT2D eigenvalue weighted by Crippen LogP contribution is -2.43. The molecule has 0 spiro atoms. The highest BCUT2D eigenvalue weighted by Crippen LogP contribution is 2.24. The Balaban J connectivity index is 0.000000182. The number of benzene rings is 1. The normalized spacial score (nSPS) is 21.4. The van der Waals surface area contributed by atoms with Crippen molar-refractivity contribution in [1.29, 1.82) is 0 Å². The Bertz CT molecular complexity index is 597. The van der Waals surface area contributed by atoms with Crippen LogP contribution in [0.5, 0.6) is 0 Å². The zero-order valence-corrected chi connectivity index (χ0v) is 14.7. The molecule has 126 valence electrons. The topological polar surface area (TPSA) is 57.8 Å². The van der Waals surface area contributed by atoms with E-state index in [4.69, 9.17) is 0 Å². The Morgan fingerprint density at radius 2 is 2.00 bits per heavy atom. The summed E-state index contributed by atoms with van der Waals surface area (Å²) in [5.74, 6) is 0.964. The van der Waals surface area contributed by atoms with E-state index in [-0.39, 0.29) is 11.3 Å². The first-order valence-corrected chi connectivity index (χ1v) is 8.55. The third kappa shape index (κ3) is 5.38. The van der Waals surface area contributed by atoms with Gasteiger partial charge in [0.15, 0.2) is 0 Å². The molecule has 1 aliphatic rings. The lowest BCUT2D eigenvalue weighted by atomic mass is 9.86. The largest absolute Gasteiger partial charge is 0.353 e. The van der Waals surface area contributed by atoms with Crippen LogP contribution in [0.25, 0.3) is 11.0 Å². The van der Waals surface area contributed by atoms with Gasteiger partial charge in [-0.1, -0.05) is 52.7 Å².